The topological polar surface area (TPSA) is 66.5 Å². The zero-order valence-electron chi connectivity index (χ0n) is 13.9. The number of piperidine rings is 1. The fraction of sp³-hybridized carbons (Fsp3) is 0.588. The Bertz CT molecular complexity index is 626. The normalized spacial score (nSPS) is 19.5. The Kier molecular flexibility index (Phi) is 6.18. The van der Waals surface area contributed by atoms with E-state index in [2.05, 4.69) is 5.32 Å². The highest BCUT2D eigenvalue weighted by Gasteiger charge is 2.31. The second kappa shape index (κ2) is 7.93. The molecule has 1 heterocycles. The predicted molar refractivity (Wildman–Crippen MR) is 92.8 cm³/mol. The lowest BCUT2D eigenvalue weighted by molar-refractivity contribution is -0.120. The van der Waals surface area contributed by atoms with E-state index in [1.165, 1.54) is 4.31 Å². The third kappa shape index (κ3) is 5.04. The molecule has 1 aliphatic rings. The molecule has 1 amide bonds. The molecule has 5 nitrogen and oxygen atoms in total. The summed E-state index contributed by atoms with van der Waals surface area (Å²) in [7, 11) is -3.24. The molecule has 1 saturated heterocycles. The largest absolute Gasteiger partial charge is 0.326 e. The highest BCUT2D eigenvalue weighted by Crippen LogP contribution is 2.22. The molecule has 2 rings (SSSR count). The summed E-state index contributed by atoms with van der Waals surface area (Å²) < 4.78 is 26.1. The minimum atomic E-state index is -3.24. The molecule has 1 fully saturated rings. The van der Waals surface area contributed by atoms with Crippen LogP contribution >= 0.6 is 0 Å². The van der Waals surface area contributed by atoms with Crippen LogP contribution in [0.25, 0.3) is 0 Å². The third-order valence-corrected chi connectivity index (χ3v) is 6.15. The third-order valence-electron chi connectivity index (χ3n) is 4.22. The second-order valence-electron chi connectivity index (χ2n) is 6.22. The molecule has 0 radical (unpaired) electrons. The molecule has 1 aliphatic heterocycles. The Morgan fingerprint density at radius 1 is 1.30 bits per heavy atom. The van der Waals surface area contributed by atoms with E-state index < -0.39 is 10.0 Å². The molecule has 1 aromatic rings. The standard InChI is InChI=1S/C17H26N2O3S/c1-3-4-12-23(21,22)19-11-5-6-15(13-19)17(20)18-16-9-7-14(2)8-10-16/h7-10,15H,3-6,11-13H2,1-2H3,(H,18,20). The van der Waals surface area contributed by atoms with Gasteiger partial charge in [-0.15, -0.1) is 0 Å². The summed E-state index contributed by atoms with van der Waals surface area (Å²) in [6, 6.07) is 7.62. The van der Waals surface area contributed by atoms with Gasteiger partial charge in [-0.1, -0.05) is 31.0 Å². The molecular weight excluding hydrogens is 312 g/mol. The van der Waals surface area contributed by atoms with Crippen molar-refractivity contribution >= 4 is 21.6 Å². The average molecular weight is 338 g/mol. The van der Waals surface area contributed by atoms with Crippen LogP contribution in [0.5, 0.6) is 0 Å². The molecule has 128 valence electrons. The van der Waals surface area contributed by atoms with E-state index in [-0.39, 0.29) is 17.6 Å². The zero-order chi connectivity index (χ0) is 16.9. The summed E-state index contributed by atoms with van der Waals surface area (Å²) in [5.74, 6) is -0.193. The number of carbonyl (C=O) groups excluding carboxylic acids is 1. The fourth-order valence-electron chi connectivity index (χ4n) is 2.75. The molecule has 6 heteroatoms. The van der Waals surface area contributed by atoms with Crippen molar-refractivity contribution in [3.05, 3.63) is 29.8 Å². The maximum Gasteiger partial charge on any atom is 0.228 e. The van der Waals surface area contributed by atoms with Crippen LogP contribution in [0.1, 0.15) is 38.2 Å². The van der Waals surface area contributed by atoms with Gasteiger partial charge in [0, 0.05) is 18.8 Å². The molecule has 0 aliphatic carbocycles. The number of sulfonamides is 1. The molecule has 1 unspecified atom stereocenters. The lowest BCUT2D eigenvalue weighted by Gasteiger charge is -2.31. The van der Waals surface area contributed by atoms with Crippen LogP contribution in [-0.4, -0.2) is 37.5 Å². The van der Waals surface area contributed by atoms with Crippen molar-refractivity contribution in [3.63, 3.8) is 0 Å². The number of rotatable bonds is 6. The fourth-order valence-corrected chi connectivity index (χ4v) is 4.47. The Hall–Kier alpha value is -1.40. The van der Waals surface area contributed by atoms with E-state index in [1.807, 2.05) is 38.1 Å². The number of nitrogens with zero attached hydrogens (tertiary/aromatic N) is 1. The van der Waals surface area contributed by atoms with Gasteiger partial charge in [0.05, 0.1) is 11.7 Å². The van der Waals surface area contributed by atoms with Crippen molar-refractivity contribution in [2.75, 3.05) is 24.2 Å². The highest BCUT2D eigenvalue weighted by atomic mass is 32.2. The van der Waals surface area contributed by atoms with Gasteiger partial charge in [0.15, 0.2) is 0 Å². The van der Waals surface area contributed by atoms with Crippen molar-refractivity contribution in [1.29, 1.82) is 0 Å². The summed E-state index contributed by atoms with van der Waals surface area (Å²) in [5.41, 5.74) is 1.89. The van der Waals surface area contributed by atoms with Gasteiger partial charge in [-0.25, -0.2) is 12.7 Å². The first-order valence-corrected chi connectivity index (χ1v) is 9.88. The molecule has 0 aromatic heterocycles. The van der Waals surface area contributed by atoms with Crippen LogP contribution in [0.15, 0.2) is 24.3 Å². The van der Waals surface area contributed by atoms with Gasteiger partial charge < -0.3 is 5.32 Å². The predicted octanol–water partition coefficient (Wildman–Crippen LogP) is 2.78. The van der Waals surface area contributed by atoms with Gasteiger partial charge >= 0.3 is 0 Å². The van der Waals surface area contributed by atoms with Gasteiger partial charge in [0.25, 0.3) is 0 Å². The summed E-state index contributed by atoms with van der Waals surface area (Å²) in [6.45, 7) is 4.79. The summed E-state index contributed by atoms with van der Waals surface area (Å²) in [4.78, 5) is 12.4. The molecule has 1 N–H and O–H groups in total. The number of carbonyl (C=O) groups is 1. The van der Waals surface area contributed by atoms with Crippen molar-refractivity contribution in [2.45, 2.75) is 39.5 Å². The van der Waals surface area contributed by atoms with Crippen LogP contribution in [0, 0.1) is 12.8 Å². The lowest BCUT2D eigenvalue weighted by Crippen LogP contribution is -2.44. The van der Waals surface area contributed by atoms with Crippen molar-refractivity contribution in [3.8, 4) is 0 Å². The SMILES string of the molecule is CCCCS(=O)(=O)N1CCCC(C(=O)Nc2ccc(C)cc2)C1. The van der Waals surface area contributed by atoms with Gasteiger partial charge in [-0.2, -0.15) is 0 Å². The highest BCUT2D eigenvalue weighted by molar-refractivity contribution is 7.89. The Morgan fingerprint density at radius 3 is 2.65 bits per heavy atom. The number of anilines is 1. The monoisotopic (exact) mass is 338 g/mol. The van der Waals surface area contributed by atoms with Gasteiger partial charge in [0.1, 0.15) is 0 Å². The first kappa shape index (κ1) is 17.9. The number of hydrogen-bond donors (Lipinski definition) is 1. The first-order valence-electron chi connectivity index (χ1n) is 8.27. The Labute approximate surface area is 139 Å². The van der Waals surface area contributed by atoms with Gasteiger partial charge in [-0.3, -0.25) is 4.79 Å². The van der Waals surface area contributed by atoms with E-state index in [4.69, 9.17) is 0 Å². The van der Waals surface area contributed by atoms with E-state index in [0.717, 1.165) is 30.5 Å². The average Bonchev–Trinajstić information content (AvgIpc) is 2.55. The summed E-state index contributed by atoms with van der Waals surface area (Å²) in [5, 5.41) is 2.89. The Balaban J connectivity index is 1.97. The van der Waals surface area contributed by atoms with Crippen molar-refractivity contribution in [1.82, 2.24) is 4.31 Å². The lowest BCUT2D eigenvalue weighted by atomic mass is 9.98. The van der Waals surface area contributed by atoms with Crippen LogP contribution in [-0.2, 0) is 14.8 Å². The number of aryl methyl sites for hydroxylation is 1. The summed E-state index contributed by atoms with van der Waals surface area (Å²) in [6.07, 6.45) is 2.98. The molecule has 0 spiro atoms. The van der Waals surface area contributed by atoms with Crippen LogP contribution in [0.3, 0.4) is 0 Å². The Morgan fingerprint density at radius 2 is 2.00 bits per heavy atom. The van der Waals surface area contributed by atoms with Crippen LogP contribution in [0.4, 0.5) is 5.69 Å². The van der Waals surface area contributed by atoms with Crippen molar-refractivity contribution < 1.29 is 13.2 Å². The van der Waals surface area contributed by atoms with Crippen molar-refractivity contribution in [2.24, 2.45) is 5.92 Å². The van der Waals surface area contributed by atoms with E-state index >= 15 is 0 Å². The maximum atomic E-state index is 12.4. The minimum absolute atomic E-state index is 0.0933. The number of unbranched alkanes of at least 4 members (excludes halogenated alkanes) is 1. The molecule has 1 atom stereocenters. The van der Waals surface area contributed by atoms with Crippen LogP contribution in [0.2, 0.25) is 0 Å². The molecular formula is C17H26N2O3S. The number of hydrogen-bond acceptors (Lipinski definition) is 3. The number of amides is 1. The second-order valence-corrected chi connectivity index (χ2v) is 8.31. The number of nitrogens with one attached hydrogen (secondary N) is 1. The molecule has 23 heavy (non-hydrogen) atoms. The zero-order valence-corrected chi connectivity index (χ0v) is 14.7. The minimum Gasteiger partial charge on any atom is -0.326 e. The number of benzene rings is 1. The van der Waals surface area contributed by atoms with Gasteiger partial charge in [-0.05, 0) is 38.3 Å². The maximum absolute atomic E-state index is 12.4. The molecule has 0 bridgehead atoms. The summed E-state index contributed by atoms with van der Waals surface area (Å²) >= 11 is 0. The quantitative estimate of drug-likeness (QED) is 0.867. The first-order chi connectivity index (χ1) is 10.9. The van der Waals surface area contributed by atoms with E-state index in [1.54, 1.807) is 0 Å². The molecule has 1 aromatic carbocycles. The van der Waals surface area contributed by atoms with E-state index in [0.29, 0.717) is 19.5 Å². The van der Waals surface area contributed by atoms with Gasteiger partial charge in [0.2, 0.25) is 15.9 Å². The van der Waals surface area contributed by atoms with Crippen LogP contribution < -0.4 is 5.32 Å². The van der Waals surface area contributed by atoms with E-state index in [9.17, 15) is 13.2 Å². The smallest absolute Gasteiger partial charge is 0.228 e. The molecule has 0 saturated carbocycles.